The normalized spacial score (nSPS) is 11.4. The Hall–Kier alpha value is -1.87. The van der Waals surface area contributed by atoms with Crippen molar-refractivity contribution < 1.29 is 17.9 Å². The molecule has 7 nitrogen and oxygen atoms in total. The van der Waals surface area contributed by atoms with Crippen molar-refractivity contribution in [2.75, 3.05) is 11.3 Å². The summed E-state index contributed by atoms with van der Waals surface area (Å²) in [5.41, 5.74) is 0.914. The van der Waals surface area contributed by atoms with E-state index in [-0.39, 0.29) is 22.1 Å². The van der Waals surface area contributed by atoms with E-state index in [2.05, 4.69) is 9.82 Å². The SMILES string of the molecule is CCOC(=O)c1c(C)csc1NS(=O)(=O)c1cnn(C)c1. The summed E-state index contributed by atoms with van der Waals surface area (Å²) >= 11 is 1.14. The minimum atomic E-state index is -3.78. The lowest BCUT2D eigenvalue weighted by molar-refractivity contribution is 0.0527. The third-order valence-electron chi connectivity index (χ3n) is 2.67. The van der Waals surface area contributed by atoms with Crippen LogP contribution in [0.25, 0.3) is 0 Å². The summed E-state index contributed by atoms with van der Waals surface area (Å²) in [4.78, 5) is 11.9. The fraction of sp³-hybridized carbons (Fsp3) is 0.333. The molecule has 114 valence electrons. The molecule has 2 rings (SSSR count). The second-order valence-electron chi connectivity index (χ2n) is 4.30. The van der Waals surface area contributed by atoms with Gasteiger partial charge in [0, 0.05) is 13.2 Å². The molecule has 9 heteroatoms. The van der Waals surface area contributed by atoms with Crippen LogP contribution in [0.2, 0.25) is 0 Å². The maximum absolute atomic E-state index is 12.2. The Morgan fingerprint density at radius 1 is 1.52 bits per heavy atom. The van der Waals surface area contributed by atoms with Crippen molar-refractivity contribution in [3.63, 3.8) is 0 Å². The van der Waals surface area contributed by atoms with Gasteiger partial charge >= 0.3 is 5.97 Å². The Morgan fingerprint density at radius 2 is 2.24 bits per heavy atom. The summed E-state index contributed by atoms with van der Waals surface area (Å²) in [6, 6.07) is 0. The number of carbonyl (C=O) groups is 1. The monoisotopic (exact) mass is 329 g/mol. The average molecular weight is 329 g/mol. The summed E-state index contributed by atoms with van der Waals surface area (Å²) in [5.74, 6) is -0.542. The Kier molecular flexibility index (Phi) is 4.33. The van der Waals surface area contributed by atoms with Gasteiger partial charge in [-0.15, -0.1) is 11.3 Å². The number of esters is 1. The van der Waals surface area contributed by atoms with Crippen LogP contribution in [0.3, 0.4) is 0 Å². The van der Waals surface area contributed by atoms with Crippen molar-refractivity contribution in [2.24, 2.45) is 7.05 Å². The Labute approximate surface area is 126 Å². The van der Waals surface area contributed by atoms with Crippen molar-refractivity contribution in [1.29, 1.82) is 0 Å². The maximum Gasteiger partial charge on any atom is 0.341 e. The van der Waals surface area contributed by atoms with Crippen LogP contribution in [0.1, 0.15) is 22.8 Å². The topological polar surface area (TPSA) is 90.3 Å². The molecule has 0 saturated carbocycles. The van der Waals surface area contributed by atoms with E-state index in [1.807, 2.05) is 0 Å². The van der Waals surface area contributed by atoms with Gasteiger partial charge in [0.05, 0.1) is 18.4 Å². The Morgan fingerprint density at radius 3 is 2.81 bits per heavy atom. The van der Waals surface area contributed by atoms with Crippen molar-refractivity contribution in [1.82, 2.24) is 9.78 Å². The van der Waals surface area contributed by atoms with Gasteiger partial charge in [0.25, 0.3) is 10.0 Å². The first-order valence-electron chi connectivity index (χ1n) is 6.12. The largest absolute Gasteiger partial charge is 0.462 e. The fourth-order valence-electron chi connectivity index (χ4n) is 1.69. The lowest BCUT2D eigenvalue weighted by Gasteiger charge is -2.07. The number of ether oxygens (including phenoxy) is 1. The average Bonchev–Trinajstić information content (AvgIpc) is 2.97. The number of hydrogen-bond donors (Lipinski definition) is 1. The molecule has 0 unspecified atom stereocenters. The highest BCUT2D eigenvalue weighted by Crippen LogP contribution is 2.30. The quantitative estimate of drug-likeness (QED) is 0.844. The van der Waals surface area contributed by atoms with Crippen LogP contribution in [-0.4, -0.2) is 30.8 Å². The van der Waals surface area contributed by atoms with E-state index < -0.39 is 16.0 Å². The van der Waals surface area contributed by atoms with Gasteiger partial charge in [-0.05, 0) is 24.8 Å². The number of nitrogens with zero attached hydrogens (tertiary/aromatic N) is 2. The highest BCUT2D eigenvalue weighted by molar-refractivity contribution is 7.93. The second kappa shape index (κ2) is 5.86. The molecular weight excluding hydrogens is 314 g/mol. The molecule has 0 aromatic carbocycles. The molecule has 0 atom stereocenters. The van der Waals surface area contributed by atoms with Gasteiger partial charge in [-0.25, -0.2) is 13.2 Å². The highest BCUT2D eigenvalue weighted by Gasteiger charge is 2.23. The van der Waals surface area contributed by atoms with Gasteiger partial charge in [0.2, 0.25) is 0 Å². The number of carbonyl (C=O) groups excluding carboxylic acids is 1. The van der Waals surface area contributed by atoms with E-state index in [4.69, 9.17) is 4.74 Å². The van der Waals surface area contributed by atoms with E-state index in [9.17, 15) is 13.2 Å². The summed E-state index contributed by atoms with van der Waals surface area (Å²) in [7, 11) is -2.16. The van der Waals surface area contributed by atoms with Crippen molar-refractivity contribution in [3.05, 3.63) is 28.9 Å². The molecule has 0 bridgehead atoms. The minimum absolute atomic E-state index is 0.0332. The number of aromatic nitrogens is 2. The van der Waals surface area contributed by atoms with Crippen molar-refractivity contribution in [2.45, 2.75) is 18.7 Å². The van der Waals surface area contributed by atoms with Gasteiger partial charge in [0.15, 0.2) is 0 Å². The van der Waals surface area contributed by atoms with Crippen LogP contribution >= 0.6 is 11.3 Å². The molecule has 0 amide bonds. The molecular formula is C12H15N3O4S2. The molecule has 0 saturated heterocycles. The minimum Gasteiger partial charge on any atom is -0.462 e. The molecule has 2 heterocycles. The lowest BCUT2D eigenvalue weighted by Crippen LogP contribution is -2.15. The second-order valence-corrected chi connectivity index (χ2v) is 6.86. The van der Waals surface area contributed by atoms with Gasteiger partial charge < -0.3 is 4.74 Å². The molecule has 0 aliphatic heterocycles. The highest BCUT2D eigenvalue weighted by atomic mass is 32.2. The molecule has 2 aromatic heterocycles. The third kappa shape index (κ3) is 3.24. The number of nitrogens with one attached hydrogen (secondary N) is 1. The van der Waals surface area contributed by atoms with Gasteiger partial charge in [-0.3, -0.25) is 9.40 Å². The van der Waals surface area contributed by atoms with Gasteiger partial charge in [0.1, 0.15) is 9.90 Å². The molecule has 0 aliphatic rings. The first-order chi connectivity index (χ1) is 9.85. The van der Waals surface area contributed by atoms with Crippen molar-refractivity contribution >= 4 is 32.3 Å². The van der Waals surface area contributed by atoms with E-state index in [0.29, 0.717) is 5.56 Å². The van der Waals surface area contributed by atoms with Crippen LogP contribution < -0.4 is 4.72 Å². The maximum atomic E-state index is 12.2. The summed E-state index contributed by atoms with van der Waals surface area (Å²) in [6.07, 6.45) is 2.62. The zero-order valence-electron chi connectivity index (χ0n) is 11.8. The molecule has 0 aliphatic carbocycles. The molecule has 0 fully saturated rings. The van der Waals surface area contributed by atoms with E-state index in [1.54, 1.807) is 26.3 Å². The first-order valence-corrected chi connectivity index (χ1v) is 8.48. The number of thiophene rings is 1. The number of anilines is 1. The van der Waals surface area contributed by atoms with Gasteiger partial charge in [-0.1, -0.05) is 0 Å². The van der Waals surface area contributed by atoms with Crippen LogP contribution in [-0.2, 0) is 21.8 Å². The number of rotatable bonds is 5. The molecule has 2 aromatic rings. The van der Waals surface area contributed by atoms with Crippen LogP contribution in [0.5, 0.6) is 0 Å². The summed E-state index contributed by atoms with van der Waals surface area (Å²) < 4.78 is 33.2. The van der Waals surface area contributed by atoms with Crippen LogP contribution in [0, 0.1) is 6.92 Å². The molecule has 21 heavy (non-hydrogen) atoms. The summed E-state index contributed by atoms with van der Waals surface area (Å²) in [6.45, 7) is 3.65. The predicted molar refractivity (Wildman–Crippen MR) is 79.0 cm³/mol. The van der Waals surface area contributed by atoms with Crippen molar-refractivity contribution in [3.8, 4) is 0 Å². The Balaban J connectivity index is 2.34. The zero-order valence-corrected chi connectivity index (χ0v) is 13.4. The standard InChI is InChI=1S/C12H15N3O4S2/c1-4-19-12(16)10-8(2)7-20-11(10)14-21(17,18)9-5-13-15(3)6-9/h5-7,14H,4H2,1-3H3. The summed E-state index contributed by atoms with van der Waals surface area (Å²) in [5, 5.41) is 5.77. The predicted octanol–water partition coefficient (Wildman–Crippen LogP) is 1.77. The fourth-order valence-corrected chi connectivity index (χ4v) is 3.93. The van der Waals surface area contributed by atoms with E-state index in [1.165, 1.54) is 17.1 Å². The van der Waals surface area contributed by atoms with E-state index in [0.717, 1.165) is 11.3 Å². The number of sulfonamides is 1. The number of aryl methyl sites for hydroxylation is 2. The Bertz CT molecular complexity index is 761. The smallest absolute Gasteiger partial charge is 0.341 e. The lowest BCUT2D eigenvalue weighted by atomic mass is 10.2. The molecule has 0 radical (unpaired) electrons. The van der Waals surface area contributed by atoms with E-state index >= 15 is 0 Å². The number of hydrogen-bond acceptors (Lipinski definition) is 6. The third-order valence-corrected chi connectivity index (χ3v) is 5.12. The van der Waals surface area contributed by atoms with Gasteiger partial charge in [-0.2, -0.15) is 5.10 Å². The molecule has 1 N–H and O–H groups in total. The zero-order chi connectivity index (χ0) is 15.6. The molecule has 0 spiro atoms. The van der Waals surface area contributed by atoms with Crippen LogP contribution in [0.4, 0.5) is 5.00 Å². The first kappa shape index (κ1) is 15.5. The van der Waals surface area contributed by atoms with Crippen LogP contribution in [0.15, 0.2) is 22.7 Å².